The molecule has 0 fully saturated rings. The smallest absolute Gasteiger partial charge is 0.263 e. The predicted molar refractivity (Wildman–Crippen MR) is 71.6 cm³/mol. The van der Waals surface area contributed by atoms with Gasteiger partial charge in [0.2, 0.25) is 0 Å². The zero-order valence-electron chi connectivity index (χ0n) is 10.4. The number of hydrogen-bond donors (Lipinski definition) is 1. The predicted octanol–water partition coefficient (Wildman–Crippen LogP) is 2.05. The molecule has 2 rings (SSSR count). The van der Waals surface area contributed by atoms with Crippen LogP contribution in [0.15, 0.2) is 6.07 Å². The molecule has 94 valence electrons. The molecule has 0 atom stereocenters. The molecule has 1 aromatic heterocycles. The molecule has 0 bridgehead atoms. The van der Waals surface area contributed by atoms with Gasteiger partial charge in [0.25, 0.3) is 5.91 Å². The third kappa shape index (κ3) is 2.87. The number of nitrogens with zero attached hydrogens (tertiary/aromatic N) is 1. The maximum Gasteiger partial charge on any atom is 0.263 e. The van der Waals surface area contributed by atoms with E-state index in [0.717, 1.165) is 17.7 Å². The van der Waals surface area contributed by atoms with E-state index in [1.165, 1.54) is 29.7 Å². The van der Waals surface area contributed by atoms with E-state index in [9.17, 15) is 4.79 Å². The number of carbonyl (C=O) groups is 1. The maximum atomic E-state index is 12.1. The molecular formula is C13H20N2OS. The fraction of sp³-hybridized carbons (Fsp3) is 0.615. The highest BCUT2D eigenvalue weighted by Gasteiger charge is 2.18. The third-order valence-electron chi connectivity index (χ3n) is 3.27. The van der Waals surface area contributed by atoms with Gasteiger partial charge in [-0.2, -0.15) is 0 Å². The highest BCUT2D eigenvalue weighted by Crippen LogP contribution is 2.29. The Hall–Kier alpha value is -0.870. The Morgan fingerprint density at radius 2 is 2.18 bits per heavy atom. The molecule has 2 N–H and O–H groups in total. The average Bonchev–Trinajstić information content (AvgIpc) is 2.60. The van der Waals surface area contributed by atoms with Crippen LogP contribution in [0, 0.1) is 0 Å². The highest BCUT2D eigenvalue weighted by atomic mass is 32.1. The molecule has 0 spiro atoms. The topological polar surface area (TPSA) is 46.3 Å². The van der Waals surface area contributed by atoms with Crippen molar-refractivity contribution in [3.8, 4) is 0 Å². The normalized spacial score (nSPS) is 15.2. The van der Waals surface area contributed by atoms with Gasteiger partial charge in [-0.05, 0) is 37.3 Å². The summed E-state index contributed by atoms with van der Waals surface area (Å²) in [5, 5.41) is 0. The number of likely N-dealkylation sites (N-methyl/N-ethyl adjacent to an activating group) is 1. The van der Waals surface area contributed by atoms with Crippen molar-refractivity contribution in [3.05, 3.63) is 21.4 Å². The zero-order valence-corrected chi connectivity index (χ0v) is 11.2. The molecule has 3 nitrogen and oxygen atoms in total. The number of carbonyl (C=O) groups excluding carboxylic acids is 1. The van der Waals surface area contributed by atoms with Crippen molar-refractivity contribution in [1.82, 2.24) is 4.90 Å². The lowest BCUT2D eigenvalue weighted by molar-refractivity contribution is 0.0803. The maximum absolute atomic E-state index is 12.1. The van der Waals surface area contributed by atoms with Crippen molar-refractivity contribution in [3.63, 3.8) is 0 Å². The Morgan fingerprint density at radius 3 is 2.94 bits per heavy atom. The minimum Gasteiger partial charge on any atom is -0.340 e. The SMILES string of the molecule is CN(CCN)C(=O)c1cc2c(s1)CCCCC2. The second kappa shape index (κ2) is 5.65. The first-order chi connectivity index (χ1) is 8.22. The van der Waals surface area contributed by atoms with Crippen LogP contribution in [0.3, 0.4) is 0 Å². The molecule has 0 saturated heterocycles. The van der Waals surface area contributed by atoms with Crippen LogP contribution in [-0.4, -0.2) is 30.9 Å². The fourth-order valence-electron chi connectivity index (χ4n) is 2.26. The van der Waals surface area contributed by atoms with E-state index in [1.807, 2.05) is 7.05 Å². The van der Waals surface area contributed by atoms with Gasteiger partial charge in [0.05, 0.1) is 4.88 Å². The number of rotatable bonds is 3. The molecule has 0 aromatic carbocycles. The Kier molecular flexibility index (Phi) is 4.18. The summed E-state index contributed by atoms with van der Waals surface area (Å²) in [6.07, 6.45) is 6.13. The van der Waals surface area contributed by atoms with Gasteiger partial charge in [-0.1, -0.05) is 6.42 Å². The van der Waals surface area contributed by atoms with Crippen molar-refractivity contribution in [2.75, 3.05) is 20.1 Å². The summed E-state index contributed by atoms with van der Waals surface area (Å²) in [7, 11) is 1.82. The van der Waals surface area contributed by atoms with Crippen molar-refractivity contribution in [2.45, 2.75) is 32.1 Å². The van der Waals surface area contributed by atoms with Crippen LogP contribution in [0.4, 0.5) is 0 Å². The summed E-state index contributed by atoms with van der Waals surface area (Å²) in [5.74, 6) is 0.119. The van der Waals surface area contributed by atoms with Gasteiger partial charge in [-0.3, -0.25) is 4.79 Å². The Bertz CT molecular complexity index is 377. The van der Waals surface area contributed by atoms with Gasteiger partial charge in [0.1, 0.15) is 0 Å². The number of aryl methyl sites for hydroxylation is 2. The Balaban J connectivity index is 2.14. The summed E-state index contributed by atoms with van der Waals surface area (Å²) in [6, 6.07) is 2.10. The summed E-state index contributed by atoms with van der Waals surface area (Å²) in [5.41, 5.74) is 6.87. The van der Waals surface area contributed by atoms with Crippen LogP contribution in [-0.2, 0) is 12.8 Å². The molecule has 0 radical (unpaired) electrons. The van der Waals surface area contributed by atoms with E-state index in [4.69, 9.17) is 5.73 Å². The van der Waals surface area contributed by atoms with Crippen LogP contribution in [0.1, 0.15) is 39.4 Å². The van der Waals surface area contributed by atoms with E-state index in [2.05, 4.69) is 6.07 Å². The molecule has 0 unspecified atom stereocenters. The zero-order chi connectivity index (χ0) is 12.3. The number of fused-ring (bicyclic) bond motifs is 1. The third-order valence-corrected chi connectivity index (χ3v) is 4.49. The minimum absolute atomic E-state index is 0.119. The molecule has 1 aromatic rings. The molecule has 17 heavy (non-hydrogen) atoms. The van der Waals surface area contributed by atoms with E-state index in [-0.39, 0.29) is 5.91 Å². The second-order valence-electron chi connectivity index (χ2n) is 4.64. The van der Waals surface area contributed by atoms with Gasteiger partial charge in [0, 0.05) is 25.0 Å². The molecular weight excluding hydrogens is 232 g/mol. The molecule has 1 heterocycles. The van der Waals surface area contributed by atoms with E-state index >= 15 is 0 Å². The average molecular weight is 252 g/mol. The standard InChI is InChI=1S/C13H20N2OS/c1-15(8-7-14)13(16)12-9-10-5-3-2-4-6-11(10)17-12/h9H,2-8,14H2,1H3. The fourth-order valence-corrected chi connectivity index (χ4v) is 3.50. The molecule has 1 aliphatic carbocycles. The van der Waals surface area contributed by atoms with Crippen molar-refractivity contribution < 1.29 is 4.79 Å². The first kappa shape index (κ1) is 12.6. The first-order valence-corrected chi connectivity index (χ1v) is 7.11. The lowest BCUT2D eigenvalue weighted by atomic mass is 10.1. The van der Waals surface area contributed by atoms with Crippen LogP contribution in [0.2, 0.25) is 0 Å². The number of nitrogens with two attached hydrogens (primary N) is 1. The van der Waals surface area contributed by atoms with Gasteiger partial charge in [-0.15, -0.1) is 11.3 Å². The molecule has 1 amide bonds. The second-order valence-corrected chi connectivity index (χ2v) is 5.77. The van der Waals surface area contributed by atoms with Crippen LogP contribution >= 0.6 is 11.3 Å². The minimum atomic E-state index is 0.119. The largest absolute Gasteiger partial charge is 0.340 e. The summed E-state index contributed by atoms with van der Waals surface area (Å²) in [6.45, 7) is 1.15. The number of amides is 1. The van der Waals surface area contributed by atoms with Gasteiger partial charge >= 0.3 is 0 Å². The van der Waals surface area contributed by atoms with Gasteiger partial charge in [-0.25, -0.2) is 0 Å². The number of thiophene rings is 1. The van der Waals surface area contributed by atoms with Gasteiger partial charge in [0.15, 0.2) is 0 Å². The van der Waals surface area contributed by atoms with Crippen molar-refractivity contribution in [1.29, 1.82) is 0 Å². The summed E-state index contributed by atoms with van der Waals surface area (Å²) >= 11 is 1.68. The lowest BCUT2D eigenvalue weighted by Gasteiger charge is -2.14. The first-order valence-electron chi connectivity index (χ1n) is 6.29. The monoisotopic (exact) mass is 252 g/mol. The van der Waals surface area contributed by atoms with E-state index < -0.39 is 0 Å². The van der Waals surface area contributed by atoms with E-state index in [1.54, 1.807) is 16.2 Å². The molecule has 4 heteroatoms. The van der Waals surface area contributed by atoms with Gasteiger partial charge < -0.3 is 10.6 Å². The molecule has 0 saturated carbocycles. The quantitative estimate of drug-likeness (QED) is 0.837. The van der Waals surface area contributed by atoms with Crippen molar-refractivity contribution in [2.24, 2.45) is 5.73 Å². The Morgan fingerprint density at radius 1 is 1.41 bits per heavy atom. The van der Waals surface area contributed by atoms with Crippen LogP contribution in [0.25, 0.3) is 0 Å². The van der Waals surface area contributed by atoms with E-state index in [0.29, 0.717) is 13.1 Å². The molecule has 1 aliphatic rings. The van der Waals surface area contributed by atoms with Crippen molar-refractivity contribution >= 4 is 17.2 Å². The van der Waals surface area contributed by atoms with Crippen LogP contribution in [0.5, 0.6) is 0 Å². The summed E-state index contributed by atoms with van der Waals surface area (Å²) < 4.78 is 0. The highest BCUT2D eigenvalue weighted by molar-refractivity contribution is 7.14. The molecule has 0 aliphatic heterocycles. The Labute approximate surface area is 107 Å². The summed E-state index contributed by atoms with van der Waals surface area (Å²) in [4.78, 5) is 16.1. The number of hydrogen-bond acceptors (Lipinski definition) is 3. The van der Waals surface area contributed by atoms with Crippen LogP contribution < -0.4 is 5.73 Å². The lowest BCUT2D eigenvalue weighted by Crippen LogP contribution is -2.31.